The fourth-order valence-electron chi connectivity index (χ4n) is 3.79. The first kappa shape index (κ1) is 23.8. The number of methoxy groups -OCH3 is 2. The van der Waals surface area contributed by atoms with E-state index in [0.29, 0.717) is 44.0 Å². The summed E-state index contributed by atoms with van der Waals surface area (Å²) in [6.07, 6.45) is 0.536. The maximum absolute atomic E-state index is 13.3. The lowest BCUT2D eigenvalue weighted by molar-refractivity contribution is -0.385. The van der Waals surface area contributed by atoms with E-state index in [0.717, 1.165) is 0 Å². The molecular formula is C23H27N3O7. The molecule has 0 spiro atoms. The Balaban J connectivity index is 1.82. The van der Waals surface area contributed by atoms with Crippen molar-refractivity contribution in [1.82, 2.24) is 9.80 Å². The highest BCUT2D eigenvalue weighted by molar-refractivity contribution is 5.99. The Bertz CT molecular complexity index is 1040. The highest BCUT2D eigenvalue weighted by Crippen LogP contribution is 2.35. The second-order valence-electron chi connectivity index (χ2n) is 7.35. The van der Waals surface area contributed by atoms with Crippen LogP contribution in [-0.2, 0) is 0 Å². The van der Waals surface area contributed by atoms with Crippen molar-refractivity contribution in [3.05, 3.63) is 57.6 Å². The minimum Gasteiger partial charge on any atom is -0.496 e. The summed E-state index contributed by atoms with van der Waals surface area (Å²) in [5.41, 5.74) is 0.0203. The zero-order valence-electron chi connectivity index (χ0n) is 18.9. The first-order chi connectivity index (χ1) is 15.9. The van der Waals surface area contributed by atoms with E-state index in [1.165, 1.54) is 31.3 Å². The molecule has 0 aliphatic carbocycles. The van der Waals surface area contributed by atoms with Crippen LogP contribution in [-0.4, -0.2) is 73.5 Å². The molecular weight excluding hydrogens is 430 g/mol. The van der Waals surface area contributed by atoms with Crippen molar-refractivity contribution in [1.29, 1.82) is 0 Å². The van der Waals surface area contributed by atoms with E-state index in [9.17, 15) is 19.7 Å². The van der Waals surface area contributed by atoms with Gasteiger partial charge >= 0.3 is 0 Å². The fourth-order valence-corrected chi connectivity index (χ4v) is 3.79. The number of rotatable bonds is 7. The third kappa shape index (κ3) is 5.16. The predicted octanol–water partition coefficient (Wildman–Crippen LogP) is 3.00. The quantitative estimate of drug-likeness (QED) is 0.464. The Kier molecular flexibility index (Phi) is 7.70. The number of nitro groups is 1. The van der Waals surface area contributed by atoms with E-state index in [1.54, 1.807) is 36.1 Å². The number of nitrogens with zero attached hydrogens (tertiary/aromatic N) is 3. The second-order valence-corrected chi connectivity index (χ2v) is 7.35. The van der Waals surface area contributed by atoms with Gasteiger partial charge in [0.05, 0.1) is 37.4 Å². The van der Waals surface area contributed by atoms with E-state index in [4.69, 9.17) is 14.2 Å². The minimum absolute atomic E-state index is 0.0789. The lowest BCUT2D eigenvalue weighted by Gasteiger charge is -2.23. The molecule has 0 aromatic heterocycles. The van der Waals surface area contributed by atoms with E-state index in [1.807, 2.05) is 0 Å². The largest absolute Gasteiger partial charge is 0.496 e. The normalized spacial score (nSPS) is 13.8. The number of para-hydroxylation sites is 1. The highest BCUT2D eigenvalue weighted by Gasteiger charge is 2.30. The number of hydrogen-bond donors (Lipinski definition) is 0. The van der Waals surface area contributed by atoms with Crippen molar-refractivity contribution in [2.45, 2.75) is 13.3 Å². The van der Waals surface area contributed by atoms with Gasteiger partial charge in [-0.15, -0.1) is 0 Å². The molecule has 3 rings (SSSR count). The van der Waals surface area contributed by atoms with Crippen molar-refractivity contribution >= 4 is 17.5 Å². The molecule has 0 atom stereocenters. The summed E-state index contributed by atoms with van der Waals surface area (Å²) in [5, 5.41) is 11.7. The Morgan fingerprint density at radius 1 is 0.909 bits per heavy atom. The molecule has 0 unspecified atom stereocenters. The molecule has 1 aliphatic rings. The van der Waals surface area contributed by atoms with Crippen LogP contribution in [0.3, 0.4) is 0 Å². The molecule has 1 heterocycles. The Hall–Kier alpha value is -3.82. The molecule has 0 saturated carbocycles. The SMILES string of the molecule is CCOc1cc([N+](=O)[O-])c(C(=O)N2CCCN(C(=O)c3ccccc3OC)CC2)cc1OC. The standard InChI is InChI=1S/C23H27N3O7/c1-4-33-21-15-18(26(29)30)17(14-20(21)32-3)23(28)25-11-7-10-24(12-13-25)22(27)16-8-5-6-9-19(16)31-2/h5-6,8-9,14-15H,4,7,10-13H2,1-3H3. The van der Waals surface area contributed by atoms with Crippen molar-refractivity contribution in [2.75, 3.05) is 47.0 Å². The van der Waals surface area contributed by atoms with Crippen LogP contribution < -0.4 is 14.2 Å². The van der Waals surface area contributed by atoms with Crippen molar-refractivity contribution in [3.8, 4) is 17.2 Å². The topological polar surface area (TPSA) is 111 Å². The van der Waals surface area contributed by atoms with Crippen LogP contribution in [0, 0.1) is 10.1 Å². The number of carbonyl (C=O) groups is 2. The zero-order valence-corrected chi connectivity index (χ0v) is 18.9. The van der Waals surface area contributed by atoms with Crippen molar-refractivity contribution in [3.63, 3.8) is 0 Å². The molecule has 0 radical (unpaired) electrons. The molecule has 2 amide bonds. The number of hydrogen-bond acceptors (Lipinski definition) is 7. The monoisotopic (exact) mass is 457 g/mol. The van der Waals surface area contributed by atoms with Crippen LogP contribution in [0.2, 0.25) is 0 Å². The Morgan fingerprint density at radius 2 is 1.52 bits per heavy atom. The van der Waals surface area contributed by atoms with Gasteiger partial charge in [-0.05, 0) is 25.5 Å². The lowest BCUT2D eigenvalue weighted by Crippen LogP contribution is -2.37. The van der Waals surface area contributed by atoms with Gasteiger partial charge in [0.25, 0.3) is 17.5 Å². The molecule has 10 nitrogen and oxygen atoms in total. The van der Waals surface area contributed by atoms with Gasteiger partial charge in [0.1, 0.15) is 11.3 Å². The van der Waals surface area contributed by atoms with Gasteiger partial charge in [0.2, 0.25) is 0 Å². The number of ether oxygens (including phenoxy) is 3. The first-order valence-corrected chi connectivity index (χ1v) is 10.6. The van der Waals surface area contributed by atoms with E-state index >= 15 is 0 Å². The number of amides is 2. The van der Waals surface area contributed by atoms with Crippen LogP contribution in [0.5, 0.6) is 17.2 Å². The second kappa shape index (κ2) is 10.7. The van der Waals surface area contributed by atoms with Crippen LogP contribution in [0.25, 0.3) is 0 Å². The molecule has 1 saturated heterocycles. The average molecular weight is 457 g/mol. The highest BCUT2D eigenvalue weighted by atomic mass is 16.6. The molecule has 2 aromatic carbocycles. The summed E-state index contributed by atoms with van der Waals surface area (Å²) in [6, 6.07) is 9.53. The summed E-state index contributed by atoms with van der Waals surface area (Å²) in [6.45, 7) is 3.40. The first-order valence-electron chi connectivity index (χ1n) is 10.6. The molecule has 1 aliphatic heterocycles. The van der Waals surface area contributed by atoms with Gasteiger partial charge in [0, 0.05) is 32.2 Å². The van der Waals surface area contributed by atoms with Crippen LogP contribution in [0.1, 0.15) is 34.1 Å². The van der Waals surface area contributed by atoms with Crippen LogP contribution >= 0.6 is 0 Å². The van der Waals surface area contributed by atoms with Crippen LogP contribution in [0.4, 0.5) is 5.69 Å². The minimum atomic E-state index is -0.607. The molecule has 0 N–H and O–H groups in total. The maximum atomic E-state index is 13.3. The van der Waals surface area contributed by atoms with Gasteiger partial charge < -0.3 is 24.0 Å². The van der Waals surface area contributed by atoms with Gasteiger partial charge in [-0.25, -0.2) is 0 Å². The summed E-state index contributed by atoms with van der Waals surface area (Å²) < 4.78 is 16.0. The molecule has 33 heavy (non-hydrogen) atoms. The fraction of sp³-hybridized carbons (Fsp3) is 0.391. The molecule has 10 heteroatoms. The van der Waals surface area contributed by atoms with Gasteiger partial charge in [-0.1, -0.05) is 12.1 Å². The van der Waals surface area contributed by atoms with Gasteiger partial charge in [-0.3, -0.25) is 19.7 Å². The van der Waals surface area contributed by atoms with E-state index in [-0.39, 0.29) is 35.2 Å². The Labute approximate surface area is 191 Å². The average Bonchev–Trinajstić information content (AvgIpc) is 3.09. The Morgan fingerprint density at radius 3 is 2.09 bits per heavy atom. The van der Waals surface area contributed by atoms with E-state index < -0.39 is 10.8 Å². The van der Waals surface area contributed by atoms with Crippen molar-refractivity contribution in [2.24, 2.45) is 0 Å². The summed E-state index contributed by atoms with van der Waals surface area (Å²) in [5.74, 6) is 0.253. The lowest BCUT2D eigenvalue weighted by atomic mass is 10.1. The summed E-state index contributed by atoms with van der Waals surface area (Å²) in [7, 11) is 2.91. The zero-order chi connectivity index (χ0) is 24.0. The molecule has 176 valence electrons. The molecule has 0 bridgehead atoms. The van der Waals surface area contributed by atoms with Crippen molar-refractivity contribution < 1.29 is 28.7 Å². The summed E-state index contributed by atoms with van der Waals surface area (Å²) >= 11 is 0. The molecule has 2 aromatic rings. The third-order valence-electron chi connectivity index (χ3n) is 5.42. The van der Waals surface area contributed by atoms with E-state index in [2.05, 4.69) is 0 Å². The third-order valence-corrected chi connectivity index (χ3v) is 5.42. The number of benzene rings is 2. The number of nitro benzene ring substituents is 1. The van der Waals surface area contributed by atoms with Gasteiger partial charge in [-0.2, -0.15) is 0 Å². The summed E-state index contributed by atoms with van der Waals surface area (Å²) in [4.78, 5) is 40.5. The maximum Gasteiger partial charge on any atom is 0.286 e. The smallest absolute Gasteiger partial charge is 0.286 e. The van der Waals surface area contributed by atoms with Gasteiger partial charge in [0.15, 0.2) is 11.5 Å². The molecule has 1 fully saturated rings. The predicted molar refractivity (Wildman–Crippen MR) is 120 cm³/mol. The van der Waals surface area contributed by atoms with Crippen LogP contribution in [0.15, 0.2) is 36.4 Å². The number of carbonyl (C=O) groups excluding carboxylic acids is 2.